The van der Waals surface area contributed by atoms with Crippen LogP contribution in [0.15, 0.2) is 36.4 Å². The molecule has 1 aromatic heterocycles. The fraction of sp³-hybridized carbons (Fsp3) is 0.318. The SMILES string of the molecule is CCc1nc2ccccc2n1CC(=O)OCC(=O)Nc1cc2c(cc1[N+](=O)[O-])OCCCO2. The largest absolute Gasteiger partial charge is 0.489 e. The second-order valence-corrected chi connectivity index (χ2v) is 7.29. The van der Waals surface area contributed by atoms with Gasteiger partial charge >= 0.3 is 5.97 Å². The molecule has 0 saturated carbocycles. The summed E-state index contributed by atoms with van der Waals surface area (Å²) in [5.41, 5.74) is 1.13. The maximum Gasteiger partial charge on any atom is 0.326 e. The molecule has 11 nitrogen and oxygen atoms in total. The van der Waals surface area contributed by atoms with Gasteiger partial charge in [-0.3, -0.25) is 19.7 Å². The van der Waals surface area contributed by atoms with Crippen molar-refractivity contribution >= 4 is 34.3 Å². The number of hydrogen-bond donors (Lipinski definition) is 1. The third kappa shape index (κ3) is 4.86. The quantitative estimate of drug-likeness (QED) is 0.327. The van der Waals surface area contributed by atoms with Gasteiger partial charge in [0.05, 0.1) is 35.2 Å². The Hall–Kier alpha value is -4.15. The first-order chi connectivity index (χ1) is 16.0. The van der Waals surface area contributed by atoms with E-state index in [1.165, 1.54) is 12.1 Å². The molecule has 1 aliphatic heterocycles. The topological polar surface area (TPSA) is 135 Å². The van der Waals surface area contributed by atoms with E-state index in [4.69, 9.17) is 14.2 Å². The number of esters is 1. The van der Waals surface area contributed by atoms with E-state index in [2.05, 4.69) is 10.3 Å². The lowest BCUT2D eigenvalue weighted by Crippen LogP contribution is -2.23. The van der Waals surface area contributed by atoms with Crippen LogP contribution in [0, 0.1) is 10.1 Å². The van der Waals surface area contributed by atoms with Crippen molar-refractivity contribution in [3.8, 4) is 11.5 Å². The number of para-hydroxylation sites is 2. The third-order valence-electron chi connectivity index (χ3n) is 5.04. The van der Waals surface area contributed by atoms with Gasteiger partial charge in [0.2, 0.25) is 0 Å². The summed E-state index contributed by atoms with van der Waals surface area (Å²) < 4.78 is 17.8. The monoisotopic (exact) mass is 454 g/mol. The third-order valence-corrected chi connectivity index (χ3v) is 5.04. The Kier molecular flexibility index (Phi) is 6.38. The van der Waals surface area contributed by atoms with Gasteiger partial charge in [0.25, 0.3) is 11.6 Å². The predicted octanol–water partition coefficient (Wildman–Crippen LogP) is 2.85. The second-order valence-electron chi connectivity index (χ2n) is 7.29. The van der Waals surface area contributed by atoms with Crippen LogP contribution in [0.2, 0.25) is 0 Å². The Morgan fingerprint density at radius 3 is 2.67 bits per heavy atom. The number of aryl methyl sites for hydroxylation is 1. The molecule has 2 aromatic carbocycles. The van der Waals surface area contributed by atoms with Crippen LogP contribution in [-0.4, -0.2) is 46.2 Å². The zero-order valence-electron chi connectivity index (χ0n) is 17.9. The number of anilines is 1. The second kappa shape index (κ2) is 9.55. The zero-order valence-corrected chi connectivity index (χ0v) is 17.9. The number of nitrogens with zero attached hydrogens (tertiary/aromatic N) is 3. The van der Waals surface area contributed by atoms with Crippen LogP contribution in [0.25, 0.3) is 11.0 Å². The Morgan fingerprint density at radius 1 is 1.21 bits per heavy atom. The lowest BCUT2D eigenvalue weighted by atomic mass is 10.2. The molecule has 2 heterocycles. The normalized spacial score (nSPS) is 12.8. The molecule has 0 saturated heterocycles. The van der Waals surface area contributed by atoms with E-state index in [9.17, 15) is 19.7 Å². The number of nitro groups is 1. The van der Waals surface area contributed by atoms with Gasteiger partial charge in [0.15, 0.2) is 18.1 Å². The van der Waals surface area contributed by atoms with E-state index < -0.39 is 23.4 Å². The van der Waals surface area contributed by atoms with E-state index in [1.54, 1.807) is 4.57 Å². The zero-order chi connectivity index (χ0) is 23.4. The van der Waals surface area contributed by atoms with Crippen LogP contribution < -0.4 is 14.8 Å². The number of carbonyl (C=O) groups is 2. The number of imidazole rings is 1. The van der Waals surface area contributed by atoms with Gasteiger partial charge in [0.1, 0.15) is 18.1 Å². The highest BCUT2D eigenvalue weighted by Crippen LogP contribution is 2.39. The van der Waals surface area contributed by atoms with Crippen LogP contribution in [-0.2, 0) is 27.3 Å². The molecule has 11 heteroatoms. The van der Waals surface area contributed by atoms with Gasteiger partial charge < -0.3 is 24.1 Å². The van der Waals surface area contributed by atoms with Crippen LogP contribution in [0.4, 0.5) is 11.4 Å². The van der Waals surface area contributed by atoms with E-state index >= 15 is 0 Å². The fourth-order valence-corrected chi connectivity index (χ4v) is 3.53. The highest BCUT2D eigenvalue weighted by atomic mass is 16.6. The summed E-state index contributed by atoms with van der Waals surface area (Å²) in [6.45, 7) is 1.98. The first-order valence-corrected chi connectivity index (χ1v) is 10.4. The molecule has 0 bridgehead atoms. The number of hydrogen-bond acceptors (Lipinski definition) is 8. The van der Waals surface area contributed by atoms with Gasteiger partial charge in [-0.2, -0.15) is 0 Å². The summed E-state index contributed by atoms with van der Waals surface area (Å²) >= 11 is 0. The van der Waals surface area contributed by atoms with Crippen LogP contribution in [0.5, 0.6) is 11.5 Å². The number of rotatable bonds is 7. The number of fused-ring (bicyclic) bond motifs is 2. The lowest BCUT2D eigenvalue weighted by molar-refractivity contribution is -0.384. The van der Waals surface area contributed by atoms with Crippen LogP contribution >= 0.6 is 0 Å². The molecular formula is C22H22N4O7. The molecule has 1 aliphatic rings. The predicted molar refractivity (Wildman–Crippen MR) is 117 cm³/mol. The summed E-state index contributed by atoms with van der Waals surface area (Å²) in [6.07, 6.45) is 1.25. The van der Waals surface area contributed by atoms with Crippen LogP contribution in [0.3, 0.4) is 0 Å². The fourth-order valence-electron chi connectivity index (χ4n) is 3.53. The number of nitrogens with one attached hydrogen (secondary N) is 1. The van der Waals surface area contributed by atoms with E-state index in [1.807, 2.05) is 31.2 Å². The minimum absolute atomic E-state index is 0.0702. The number of carbonyl (C=O) groups excluding carboxylic acids is 2. The summed E-state index contributed by atoms with van der Waals surface area (Å²) in [5.74, 6) is -0.0869. The standard InChI is InChI=1S/C22H22N4O7/c1-2-20-23-14-6-3-4-7-16(14)25(20)12-22(28)33-13-21(27)24-15-10-18-19(11-17(15)26(29)30)32-9-5-8-31-18/h3-4,6-7,10-11H,2,5,8-9,12-13H2,1H3,(H,24,27). The van der Waals surface area contributed by atoms with Crippen molar-refractivity contribution in [2.75, 3.05) is 25.1 Å². The van der Waals surface area contributed by atoms with Gasteiger partial charge in [0, 0.05) is 18.9 Å². The molecule has 0 fully saturated rings. The first-order valence-electron chi connectivity index (χ1n) is 10.4. The lowest BCUT2D eigenvalue weighted by Gasteiger charge is -2.12. The maximum absolute atomic E-state index is 12.4. The average molecular weight is 454 g/mol. The number of benzene rings is 2. The molecule has 33 heavy (non-hydrogen) atoms. The van der Waals surface area contributed by atoms with E-state index in [-0.39, 0.29) is 23.7 Å². The molecule has 0 radical (unpaired) electrons. The van der Waals surface area contributed by atoms with Gasteiger partial charge in [-0.1, -0.05) is 19.1 Å². The molecule has 0 atom stereocenters. The Labute approximate surface area is 188 Å². The molecule has 0 spiro atoms. The van der Waals surface area contributed by atoms with Gasteiger partial charge in [-0.05, 0) is 12.1 Å². The molecule has 4 rings (SSSR count). The van der Waals surface area contributed by atoms with Crippen molar-refractivity contribution in [2.45, 2.75) is 26.3 Å². The summed E-state index contributed by atoms with van der Waals surface area (Å²) in [5, 5.41) is 13.9. The van der Waals surface area contributed by atoms with Crippen molar-refractivity contribution in [2.24, 2.45) is 0 Å². The van der Waals surface area contributed by atoms with Crippen molar-refractivity contribution in [3.05, 3.63) is 52.3 Å². The van der Waals surface area contributed by atoms with Crippen molar-refractivity contribution in [1.82, 2.24) is 9.55 Å². The average Bonchev–Trinajstić information content (AvgIpc) is 2.98. The van der Waals surface area contributed by atoms with Crippen molar-refractivity contribution in [3.63, 3.8) is 0 Å². The summed E-state index contributed by atoms with van der Waals surface area (Å²) in [4.78, 5) is 40.1. The minimum Gasteiger partial charge on any atom is -0.489 e. The molecule has 0 aliphatic carbocycles. The Morgan fingerprint density at radius 2 is 1.94 bits per heavy atom. The molecule has 172 valence electrons. The van der Waals surface area contributed by atoms with Gasteiger partial charge in [-0.25, -0.2) is 4.98 Å². The number of nitro benzene ring substituents is 1. The Balaban J connectivity index is 1.42. The van der Waals surface area contributed by atoms with E-state index in [0.29, 0.717) is 31.8 Å². The Bertz CT molecular complexity index is 1220. The molecule has 3 aromatic rings. The highest BCUT2D eigenvalue weighted by molar-refractivity contribution is 5.95. The van der Waals surface area contributed by atoms with Crippen LogP contribution in [0.1, 0.15) is 19.2 Å². The van der Waals surface area contributed by atoms with Gasteiger partial charge in [-0.15, -0.1) is 0 Å². The molecule has 0 unspecified atom stereocenters. The number of amides is 1. The summed E-state index contributed by atoms with van der Waals surface area (Å²) in [7, 11) is 0. The summed E-state index contributed by atoms with van der Waals surface area (Å²) in [6, 6.07) is 9.96. The molecular weight excluding hydrogens is 432 g/mol. The van der Waals surface area contributed by atoms with Crippen molar-refractivity contribution < 1.29 is 28.7 Å². The molecule has 1 amide bonds. The highest BCUT2D eigenvalue weighted by Gasteiger charge is 2.23. The molecule has 1 N–H and O–H groups in total. The smallest absolute Gasteiger partial charge is 0.326 e. The minimum atomic E-state index is -0.716. The van der Waals surface area contributed by atoms with Crippen molar-refractivity contribution in [1.29, 1.82) is 0 Å². The number of aromatic nitrogens is 2. The number of ether oxygens (including phenoxy) is 3. The van der Waals surface area contributed by atoms with E-state index in [0.717, 1.165) is 16.9 Å². The first kappa shape index (κ1) is 22.1. The maximum atomic E-state index is 12.4.